The quantitative estimate of drug-likeness (QED) is 0.868. The molecule has 0 saturated heterocycles. The molecule has 0 saturated carbocycles. The predicted molar refractivity (Wildman–Crippen MR) is 80.7 cm³/mol. The molecule has 0 aliphatic heterocycles. The van der Waals surface area contributed by atoms with Crippen LogP contribution >= 0.6 is 11.6 Å². The summed E-state index contributed by atoms with van der Waals surface area (Å²) in [5, 5.41) is 2.46. The van der Waals surface area contributed by atoms with Crippen LogP contribution in [-0.2, 0) is 14.6 Å². The first-order valence-electron chi connectivity index (χ1n) is 5.77. The SMILES string of the molecule is C/C=N\C(=C(/C)Cl)S(=O)(=O)c1ccc(NC(C)=O)cc1. The second-order valence-corrected chi connectivity index (χ2v) is 6.37. The van der Waals surface area contributed by atoms with Gasteiger partial charge in [0.25, 0.3) is 0 Å². The lowest BCUT2D eigenvalue weighted by Crippen LogP contribution is -2.07. The van der Waals surface area contributed by atoms with Crippen LogP contribution in [0.1, 0.15) is 20.8 Å². The molecule has 20 heavy (non-hydrogen) atoms. The van der Waals surface area contributed by atoms with Gasteiger partial charge in [0.2, 0.25) is 15.7 Å². The molecule has 0 fully saturated rings. The number of carbonyl (C=O) groups is 1. The number of nitrogens with one attached hydrogen (secondary N) is 1. The van der Waals surface area contributed by atoms with Gasteiger partial charge in [-0.1, -0.05) is 11.6 Å². The number of aliphatic imine (C=N–C) groups is 1. The Bertz CT molecular complexity index is 657. The molecule has 1 rings (SSSR count). The van der Waals surface area contributed by atoms with Gasteiger partial charge in [-0.2, -0.15) is 0 Å². The van der Waals surface area contributed by atoms with Crippen LogP contribution in [0.4, 0.5) is 5.69 Å². The van der Waals surface area contributed by atoms with Crippen LogP contribution in [0.3, 0.4) is 0 Å². The van der Waals surface area contributed by atoms with Crippen molar-refractivity contribution in [1.82, 2.24) is 0 Å². The van der Waals surface area contributed by atoms with Gasteiger partial charge in [-0.05, 0) is 38.1 Å². The number of hydrogen-bond acceptors (Lipinski definition) is 4. The normalized spacial score (nSPS) is 13.2. The predicted octanol–water partition coefficient (Wildman–Crippen LogP) is 2.94. The molecule has 0 radical (unpaired) electrons. The van der Waals surface area contributed by atoms with Gasteiger partial charge >= 0.3 is 0 Å². The molecule has 108 valence electrons. The van der Waals surface area contributed by atoms with E-state index < -0.39 is 9.84 Å². The highest BCUT2D eigenvalue weighted by Crippen LogP contribution is 2.25. The lowest BCUT2D eigenvalue weighted by Gasteiger charge is -2.07. The zero-order chi connectivity index (χ0) is 15.3. The highest BCUT2D eigenvalue weighted by atomic mass is 35.5. The molecule has 7 heteroatoms. The second kappa shape index (κ2) is 6.67. The standard InChI is InChI=1S/C13H15ClN2O3S/c1-4-15-13(9(2)14)20(18,19)12-7-5-11(6-8-12)16-10(3)17/h4-8H,1-3H3,(H,16,17)/b13-9-,15-4-. The smallest absolute Gasteiger partial charge is 0.224 e. The zero-order valence-corrected chi connectivity index (χ0v) is 12.9. The third-order valence-corrected chi connectivity index (χ3v) is 4.39. The summed E-state index contributed by atoms with van der Waals surface area (Å²) < 4.78 is 24.7. The summed E-state index contributed by atoms with van der Waals surface area (Å²) in [7, 11) is -3.77. The van der Waals surface area contributed by atoms with Crippen LogP contribution in [-0.4, -0.2) is 20.5 Å². The average Bonchev–Trinajstić information content (AvgIpc) is 2.35. The van der Waals surface area contributed by atoms with E-state index >= 15 is 0 Å². The van der Waals surface area contributed by atoms with Crippen molar-refractivity contribution in [2.75, 3.05) is 5.32 Å². The fourth-order valence-corrected chi connectivity index (χ4v) is 3.18. The Morgan fingerprint density at radius 2 is 1.80 bits per heavy atom. The van der Waals surface area contributed by atoms with Crippen molar-refractivity contribution >= 4 is 39.2 Å². The minimum Gasteiger partial charge on any atom is -0.326 e. The van der Waals surface area contributed by atoms with Crippen LogP contribution in [0.25, 0.3) is 0 Å². The maximum atomic E-state index is 12.4. The minimum atomic E-state index is -3.77. The molecule has 0 atom stereocenters. The molecule has 5 nitrogen and oxygen atoms in total. The maximum absolute atomic E-state index is 12.4. The van der Waals surface area contributed by atoms with E-state index in [4.69, 9.17) is 11.6 Å². The van der Waals surface area contributed by atoms with Crippen molar-refractivity contribution in [3.05, 3.63) is 34.3 Å². The van der Waals surface area contributed by atoms with Crippen LogP contribution in [0.2, 0.25) is 0 Å². The van der Waals surface area contributed by atoms with E-state index in [9.17, 15) is 13.2 Å². The summed E-state index contributed by atoms with van der Waals surface area (Å²) in [6.07, 6.45) is 1.37. The van der Waals surface area contributed by atoms with Gasteiger partial charge in [0.05, 0.1) is 9.93 Å². The maximum Gasteiger partial charge on any atom is 0.224 e. The molecule has 0 unspecified atom stereocenters. The molecule has 1 aromatic rings. The molecule has 0 aromatic heterocycles. The van der Waals surface area contributed by atoms with Crippen molar-refractivity contribution in [2.24, 2.45) is 4.99 Å². The lowest BCUT2D eigenvalue weighted by atomic mass is 10.3. The van der Waals surface area contributed by atoms with Gasteiger partial charge in [0.15, 0.2) is 5.03 Å². The number of rotatable bonds is 4. The first-order chi connectivity index (χ1) is 9.28. The monoisotopic (exact) mass is 314 g/mol. The first kappa shape index (κ1) is 16.4. The minimum absolute atomic E-state index is 0.0622. The number of allylic oxidation sites excluding steroid dienone is 1. The molecule has 0 bridgehead atoms. The summed E-state index contributed by atoms with van der Waals surface area (Å²) in [6.45, 7) is 4.45. The largest absolute Gasteiger partial charge is 0.326 e. The van der Waals surface area contributed by atoms with Crippen LogP contribution in [0, 0.1) is 0 Å². The number of benzene rings is 1. The second-order valence-electron chi connectivity index (χ2n) is 3.93. The summed E-state index contributed by atoms with van der Waals surface area (Å²) in [5.41, 5.74) is 0.517. The Morgan fingerprint density at radius 1 is 1.25 bits per heavy atom. The molecule has 1 N–H and O–H groups in total. The van der Waals surface area contributed by atoms with Gasteiger partial charge in [0.1, 0.15) is 0 Å². The third kappa shape index (κ3) is 3.91. The van der Waals surface area contributed by atoms with Crippen LogP contribution in [0.15, 0.2) is 44.2 Å². The Morgan fingerprint density at radius 3 is 2.20 bits per heavy atom. The van der Waals surface area contributed by atoms with Gasteiger partial charge in [0, 0.05) is 18.8 Å². The van der Waals surface area contributed by atoms with E-state index in [-0.39, 0.29) is 20.9 Å². The molecule has 1 aromatic carbocycles. The van der Waals surface area contributed by atoms with E-state index in [1.165, 1.54) is 44.3 Å². The Labute approximate surface area is 123 Å². The summed E-state index contributed by atoms with van der Waals surface area (Å²) >= 11 is 5.79. The van der Waals surface area contributed by atoms with E-state index in [0.29, 0.717) is 5.69 Å². The lowest BCUT2D eigenvalue weighted by molar-refractivity contribution is -0.114. The van der Waals surface area contributed by atoms with Crippen molar-refractivity contribution in [3.8, 4) is 0 Å². The van der Waals surface area contributed by atoms with Gasteiger partial charge < -0.3 is 5.32 Å². The molecule has 0 spiro atoms. The number of sulfone groups is 1. The fraction of sp³-hybridized carbons (Fsp3) is 0.231. The first-order valence-corrected chi connectivity index (χ1v) is 7.63. The summed E-state index contributed by atoms with van der Waals surface area (Å²) in [4.78, 5) is 14.8. The van der Waals surface area contributed by atoms with Crippen LogP contribution in [0.5, 0.6) is 0 Å². The van der Waals surface area contributed by atoms with E-state index in [2.05, 4.69) is 10.3 Å². The third-order valence-electron chi connectivity index (χ3n) is 2.28. The topological polar surface area (TPSA) is 75.6 Å². The molecule has 1 amide bonds. The van der Waals surface area contributed by atoms with Crippen molar-refractivity contribution in [3.63, 3.8) is 0 Å². The van der Waals surface area contributed by atoms with E-state index in [0.717, 1.165) is 0 Å². The molecule has 0 aliphatic carbocycles. The summed E-state index contributed by atoms with van der Waals surface area (Å²) in [6, 6.07) is 5.80. The Balaban J connectivity index is 3.23. The fourth-order valence-electron chi connectivity index (χ4n) is 1.49. The number of carbonyl (C=O) groups excluding carboxylic acids is 1. The van der Waals surface area contributed by atoms with Crippen molar-refractivity contribution < 1.29 is 13.2 Å². The molecular weight excluding hydrogens is 300 g/mol. The van der Waals surface area contributed by atoms with Gasteiger partial charge in [-0.15, -0.1) is 0 Å². The van der Waals surface area contributed by atoms with E-state index in [1.807, 2.05) is 0 Å². The van der Waals surface area contributed by atoms with Gasteiger partial charge in [-0.3, -0.25) is 4.79 Å². The Hall–Kier alpha value is -1.66. The number of amides is 1. The number of halogens is 1. The molecule has 0 heterocycles. The number of nitrogens with zero attached hydrogens (tertiary/aromatic N) is 1. The van der Waals surface area contributed by atoms with E-state index in [1.54, 1.807) is 6.92 Å². The van der Waals surface area contributed by atoms with Gasteiger partial charge in [-0.25, -0.2) is 13.4 Å². The summed E-state index contributed by atoms with van der Waals surface area (Å²) in [5.74, 6) is -0.228. The Kier molecular flexibility index (Phi) is 5.47. The zero-order valence-electron chi connectivity index (χ0n) is 11.3. The van der Waals surface area contributed by atoms with Crippen molar-refractivity contribution in [2.45, 2.75) is 25.7 Å². The average molecular weight is 315 g/mol. The molecular formula is C13H15ClN2O3S. The van der Waals surface area contributed by atoms with Crippen LogP contribution < -0.4 is 5.32 Å². The highest BCUT2D eigenvalue weighted by molar-refractivity contribution is 7.95. The number of hydrogen-bond donors (Lipinski definition) is 1. The van der Waals surface area contributed by atoms with Crippen molar-refractivity contribution in [1.29, 1.82) is 0 Å². The molecule has 0 aliphatic rings. The number of anilines is 1. The highest BCUT2D eigenvalue weighted by Gasteiger charge is 2.22.